The summed E-state index contributed by atoms with van der Waals surface area (Å²) in [5, 5.41) is 7.94. The second-order valence-electron chi connectivity index (χ2n) is 4.38. The first-order valence-electron chi connectivity index (χ1n) is 6.20. The second-order valence-corrected chi connectivity index (χ2v) is 5.16. The number of amides is 1. The minimum atomic E-state index is 0.00101. The third kappa shape index (κ3) is 2.53. The highest BCUT2D eigenvalue weighted by atomic mass is 32.1. The number of H-pyrrole nitrogens is 1. The first-order chi connectivity index (χ1) is 9.34. The van der Waals surface area contributed by atoms with Gasteiger partial charge in [-0.05, 0) is 29.5 Å². The van der Waals surface area contributed by atoms with E-state index in [2.05, 4.69) is 22.4 Å². The Balaban J connectivity index is 1.62. The van der Waals surface area contributed by atoms with Gasteiger partial charge in [-0.15, -0.1) is 0 Å². The van der Waals surface area contributed by atoms with Crippen molar-refractivity contribution in [2.24, 2.45) is 0 Å². The van der Waals surface area contributed by atoms with Crippen molar-refractivity contribution < 1.29 is 4.79 Å². The van der Waals surface area contributed by atoms with Crippen molar-refractivity contribution in [3.8, 4) is 0 Å². The molecule has 0 bridgehead atoms. The Labute approximate surface area is 115 Å². The SMILES string of the molecule is O=C(NCCc1c[nH]c2ccccc12)c1ccsc1. The molecule has 0 saturated heterocycles. The lowest BCUT2D eigenvalue weighted by Gasteiger charge is -2.03. The van der Waals surface area contributed by atoms with Gasteiger partial charge in [-0.1, -0.05) is 18.2 Å². The molecule has 0 radical (unpaired) electrons. The van der Waals surface area contributed by atoms with E-state index in [0.717, 1.165) is 17.5 Å². The van der Waals surface area contributed by atoms with E-state index in [4.69, 9.17) is 0 Å². The summed E-state index contributed by atoms with van der Waals surface area (Å²) in [5.41, 5.74) is 3.12. The van der Waals surface area contributed by atoms with Crippen LogP contribution < -0.4 is 5.32 Å². The Morgan fingerprint density at radius 1 is 1.26 bits per heavy atom. The predicted octanol–water partition coefficient (Wildman–Crippen LogP) is 3.20. The number of nitrogens with one attached hydrogen (secondary N) is 2. The molecule has 0 fully saturated rings. The molecule has 2 N–H and O–H groups in total. The van der Waals surface area contributed by atoms with Crippen LogP contribution in [0.25, 0.3) is 10.9 Å². The van der Waals surface area contributed by atoms with Gasteiger partial charge in [-0.2, -0.15) is 11.3 Å². The number of rotatable bonds is 4. The maximum atomic E-state index is 11.8. The maximum Gasteiger partial charge on any atom is 0.252 e. The third-order valence-corrected chi connectivity index (χ3v) is 3.82. The molecule has 0 spiro atoms. The van der Waals surface area contributed by atoms with E-state index in [1.807, 2.05) is 35.2 Å². The van der Waals surface area contributed by atoms with Crippen LogP contribution in [-0.4, -0.2) is 17.4 Å². The quantitative estimate of drug-likeness (QED) is 0.751. The number of fused-ring (bicyclic) bond motifs is 1. The average molecular weight is 270 g/mol. The van der Waals surface area contributed by atoms with Crippen LogP contribution in [0.2, 0.25) is 0 Å². The molecule has 19 heavy (non-hydrogen) atoms. The van der Waals surface area contributed by atoms with Gasteiger partial charge in [0.15, 0.2) is 0 Å². The molecule has 0 aliphatic carbocycles. The van der Waals surface area contributed by atoms with Crippen LogP contribution in [0.4, 0.5) is 0 Å². The van der Waals surface area contributed by atoms with Crippen LogP contribution in [0.1, 0.15) is 15.9 Å². The predicted molar refractivity (Wildman–Crippen MR) is 78.7 cm³/mol. The van der Waals surface area contributed by atoms with Crippen molar-refractivity contribution in [1.82, 2.24) is 10.3 Å². The number of carbonyl (C=O) groups excluding carboxylic acids is 1. The fraction of sp³-hybridized carbons (Fsp3) is 0.133. The molecule has 96 valence electrons. The lowest BCUT2D eigenvalue weighted by molar-refractivity contribution is 0.0954. The molecular formula is C15H14N2OS. The van der Waals surface area contributed by atoms with Crippen molar-refractivity contribution in [1.29, 1.82) is 0 Å². The second kappa shape index (κ2) is 5.28. The smallest absolute Gasteiger partial charge is 0.252 e. The van der Waals surface area contributed by atoms with Gasteiger partial charge >= 0.3 is 0 Å². The number of aromatic amines is 1. The maximum absolute atomic E-state index is 11.8. The molecule has 0 aliphatic rings. The van der Waals surface area contributed by atoms with E-state index < -0.39 is 0 Å². The normalized spacial score (nSPS) is 10.7. The summed E-state index contributed by atoms with van der Waals surface area (Å²) in [6.07, 6.45) is 2.85. The Morgan fingerprint density at radius 2 is 2.16 bits per heavy atom. The van der Waals surface area contributed by atoms with Gasteiger partial charge in [0, 0.05) is 34.6 Å². The van der Waals surface area contributed by atoms with Gasteiger partial charge in [0.05, 0.1) is 0 Å². The molecule has 1 amide bonds. The Bertz CT molecular complexity index is 685. The summed E-state index contributed by atoms with van der Waals surface area (Å²) in [6.45, 7) is 0.649. The van der Waals surface area contributed by atoms with Crippen molar-refractivity contribution in [3.05, 3.63) is 58.4 Å². The number of hydrogen-bond donors (Lipinski definition) is 2. The van der Waals surface area contributed by atoms with Crippen LogP contribution in [0.5, 0.6) is 0 Å². The first-order valence-corrected chi connectivity index (χ1v) is 7.14. The number of carbonyl (C=O) groups is 1. The molecule has 3 aromatic rings. The van der Waals surface area contributed by atoms with E-state index in [0.29, 0.717) is 6.54 Å². The number of thiophene rings is 1. The standard InChI is InChI=1S/C15H14N2OS/c18-15(12-6-8-19-10-12)16-7-5-11-9-17-14-4-2-1-3-13(11)14/h1-4,6,8-10,17H,5,7H2,(H,16,18). The summed E-state index contributed by atoms with van der Waals surface area (Å²) < 4.78 is 0. The Hall–Kier alpha value is -2.07. The molecule has 3 rings (SSSR count). The summed E-state index contributed by atoms with van der Waals surface area (Å²) in [4.78, 5) is 15.0. The van der Waals surface area contributed by atoms with Crippen molar-refractivity contribution in [3.63, 3.8) is 0 Å². The van der Waals surface area contributed by atoms with E-state index in [1.165, 1.54) is 22.3 Å². The van der Waals surface area contributed by atoms with E-state index in [9.17, 15) is 4.79 Å². The van der Waals surface area contributed by atoms with Gasteiger partial charge in [0.2, 0.25) is 0 Å². The van der Waals surface area contributed by atoms with E-state index in [-0.39, 0.29) is 5.91 Å². The molecule has 0 saturated carbocycles. The van der Waals surface area contributed by atoms with E-state index >= 15 is 0 Å². The van der Waals surface area contributed by atoms with Crippen LogP contribution >= 0.6 is 11.3 Å². The van der Waals surface area contributed by atoms with Gasteiger partial charge in [-0.25, -0.2) is 0 Å². The van der Waals surface area contributed by atoms with Gasteiger partial charge in [0.25, 0.3) is 5.91 Å². The molecule has 4 heteroatoms. The highest BCUT2D eigenvalue weighted by Crippen LogP contribution is 2.17. The van der Waals surface area contributed by atoms with Crippen LogP contribution in [0, 0.1) is 0 Å². The van der Waals surface area contributed by atoms with Gasteiger partial charge in [0.1, 0.15) is 0 Å². The van der Waals surface area contributed by atoms with E-state index in [1.54, 1.807) is 0 Å². The molecular weight excluding hydrogens is 256 g/mol. The van der Waals surface area contributed by atoms with Crippen molar-refractivity contribution in [2.75, 3.05) is 6.54 Å². The lowest BCUT2D eigenvalue weighted by Crippen LogP contribution is -2.25. The third-order valence-electron chi connectivity index (χ3n) is 3.14. The summed E-state index contributed by atoms with van der Waals surface area (Å²) in [5.74, 6) is 0.00101. The minimum Gasteiger partial charge on any atom is -0.361 e. The average Bonchev–Trinajstić information content (AvgIpc) is 3.08. The Kier molecular flexibility index (Phi) is 3.33. The number of aromatic nitrogens is 1. The molecule has 1 aromatic carbocycles. The monoisotopic (exact) mass is 270 g/mol. The summed E-state index contributed by atoms with van der Waals surface area (Å²) in [7, 11) is 0. The van der Waals surface area contributed by atoms with Crippen molar-refractivity contribution >= 4 is 28.1 Å². The lowest BCUT2D eigenvalue weighted by atomic mass is 10.1. The Morgan fingerprint density at radius 3 is 3.00 bits per heavy atom. The topological polar surface area (TPSA) is 44.9 Å². The molecule has 0 aliphatic heterocycles. The number of hydrogen-bond acceptors (Lipinski definition) is 2. The number of benzene rings is 1. The number of para-hydroxylation sites is 1. The minimum absolute atomic E-state index is 0.00101. The highest BCUT2D eigenvalue weighted by molar-refractivity contribution is 7.08. The largest absolute Gasteiger partial charge is 0.361 e. The molecule has 0 unspecified atom stereocenters. The van der Waals surface area contributed by atoms with Crippen LogP contribution in [0.15, 0.2) is 47.3 Å². The molecule has 2 heterocycles. The van der Waals surface area contributed by atoms with Crippen LogP contribution in [-0.2, 0) is 6.42 Å². The van der Waals surface area contributed by atoms with Crippen LogP contribution in [0.3, 0.4) is 0 Å². The van der Waals surface area contributed by atoms with Crippen molar-refractivity contribution in [2.45, 2.75) is 6.42 Å². The molecule has 0 atom stereocenters. The molecule has 2 aromatic heterocycles. The molecule has 3 nitrogen and oxygen atoms in total. The zero-order valence-corrected chi connectivity index (χ0v) is 11.2. The summed E-state index contributed by atoms with van der Waals surface area (Å²) in [6, 6.07) is 10.0. The fourth-order valence-corrected chi connectivity index (χ4v) is 2.78. The van der Waals surface area contributed by atoms with Gasteiger partial charge in [-0.3, -0.25) is 4.79 Å². The summed E-state index contributed by atoms with van der Waals surface area (Å²) >= 11 is 1.54. The van der Waals surface area contributed by atoms with Gasteiger partial charge < -0.3 is 10.3 Å². The fourth-order valence-electron chi connectivity index (χ4n) is 2.14. The highest BCUT2D eigenvalue weighted by Gasteiger charge is 2.06. The zero-order chi connectivity index (χ0) is 13.1. The zero-order valence-electron chi connectivity index (χ0n) is 10.3. The first kappa shape index (κ1) is 12.0.